The molecular weight excluding hydrogens is 246 g/mol. The largest absolute Gasteiger partial charge is 0.395 e. The minimum Gasteiger partial charge on any atom is -0.395 e. The quantitative estimate of drug-likeness (QED) is 0.579. The standard InChI is InChI=1S/C14H21NO4/c1-9-2-4-10(5-3-9)6-15-7-12(17)14(19)13(18)11(15)8-16/h2-5,11-14,16-19H,6-8H2,1H3/t11-,12+,13-,14-/m1/s1. The van der Waals surface area contributed by atoms with Crippen molar-refractivity contribution >= 4 is 0 Å². The lowest BCUT2D eigenvalue weighted by molar-refractivity contribution is -0.147. The van der Waals surface area contributed by atoms with E-state index in [9.17, 15) is 20.4 Å². The number of rotatable bonds is 3. The van der Waals surface area contributed by atoms with Crippen LogP contribution in [0.1, 0.15) is 11.1 Å². The van der Waals surface area contributed by atoms with Gasteiger partial charge in [0.2, 0.25) is 0 Å². The van der Waals surface area contributed by atoms with E-state index in [1.54, 1.807) is 4.90 Å². The number of piperidine rings is 1. The van der Waals surface area contributed by atoms with Crippen LogP contribution in [-0.4, -0.2) is 62.8 Å². The number of aliphatic hydroxyl groups excluding tert-OH is 4. The summed E-state index contributed by atoms with van der Waals surface area (Å²) in [6, 6.07) is 7.39. The molecule has 4 N–H and O–H groups in total. The summed E-state index contributed by atoms with van der Waals surface area (Å²) in [4.78, 5) is 1.80. The summed E-state index contributed by atoms with van der Waals surface area (Å²) >= 11 is 0. The minimum absolute atomic E-state index is 0.233. The fraction of sp³-hybridized carbons (Fsp3) is 0.571. The van der Waals surface area contributed by atoms with Gasteiger partial charge in [-0.05, 0) is 12.5 Å². The molecule has 1 aliphatic rings. The van der Waals surface area contributed by atoms with Gasteiger partial charge in [-0.3, -0.25) is 4.90 Å². The van der Waals surface area contributed by atoms with Crippen LogP contribution in [-0.2, 0) is 6.54 Å². The Morgan fingerprint density at radius 3 is 2.32 bits per heavy atom. The summed E-state index contributed by atoms with van der Waals surface area (Å²) in [6.45, 7) is 2.51. The number of aliphatic hydroxyl groups is 4. The third-order valence-corrected chi connectivity index (χ3v) is 3.72. The maximum Gasteiger partial charge on any atom is 0.109 e. The van der Waals surface area contributed by atoms with E-state index in [1.807, 2.05) is 31.2 Å². The van der Waals surface area contributed by atoms with Gasteiger partial charge in [-0.25, -0.2) is 0 Å². The molecule has 5 heteroatoms. The number of hydrogen-bond donors (Lipinski definition) is 4. The lowest BCUT2D eigenvalue weighted by atomic mass is 9.93. The minimum atomic E-state index is -1.20. The van der Waals surface area contributed by atoms with Crippen LogP contribution in [0.25, 0.3) is 0 Å². The number of aryl methyl sites for hydroxylation is 1. The number of hydrogen-bond acceptors (Lipinski definition) is 5. The summed E-state index contributed by atoms with van der Waals surface area (Å²) in [6.07, 6.45) is -3.34. The van der Waals surface area contributed by atoms with E-state index in [-0.39, 0.29) is 13.2 Å². The van der Waals surface area contributed by atoms with E-state index < -0.39 is 24.4 Å². The Morgan fingerprint density at radius 2 is 1.74 bits per heavy atom. The second kappa shape index (κ2) is 5.98. The van der Waals surface area contributed by atoms with E-state index in [0.717, 1.165) is 11.1 Å². The Balaban J connectivity index is 2.11. The van der Waals surface area contributed by atoms with Crippen molar-refractivity contribution in [2.75, 3.05) is 13.2 Å². The summed E-state index contributed by atoms with van der Waals surface area (Å²) in [5.74, 6) is 0. The highest BCUT2D eigenvalue weighted by Gasteiger charge is 2.40. The van der Waals surface area contributed by atoms with Gasteiger partial charge in [-0.2, -0.15) is 0 Å². The lowest BCUT2D eigenvalue weighted by Gasteiger charge is -2.43. The van der Waals surface area contributed by atoms with Crippen molar-refractivity contribution < 1.29 is 20.4 Å². The highest BCUT2D eigenvalue weighted by molar-refractivity contribution is 5.21. The molecule has 4 atom stereocenters. The normalized spacial score (nSPS) is 32.5. The number of benzene rings is 1. The molecule has 0 bridgehead atoms. The molecular formula is C14H21NO4. The Kier molecular flexibility index (Phi) is 4.54. The predicted octanol–water partition coefficient (Wildman–Crippen LogP) is -0.746. The molecule has 1 fully saturated rings. The SMILES string of the molecule is Cc1ccc(CN2C[C@H](O)[C@@H](O)[C@H](O)[C@H]2CO)cc1. The van der Waals surface area contributed by atoms with Gasteiger partial charge in [0.1, 0.15) is 12.2 Å². The summed E-state index contributed by atoms with van der Waals surface area (Å²) < 4.78 is 0. The van der Waals surface area contributed by atoms with Crippen molar-refractivity contribution in [3.05, 3.63) is 35.4 Å². The Morgan fingerprint density at radius 1 is 1.11 bits per heavy atom. The van der Waals surface area contributed by atoms with Crippen molar-refractivity contribution in [1.29, 1.82) is 0 Å². The highest BCUT2D eigenvalue weighted by atomic mass is 16.4. The van der Waals surface area contributed by atoms with E-state index in [0.29, 0.717) is 6.54 Å². The molecule has 1 saturated heterocycles. The maximum absolute atomic E-state index is 9.89. The van der Waals surface area contributed by atoms with Gasteiger partial charge in [-0.1, -0.05) is 29.8 Å². The van der Waals surface area contributed by atoms with Crippen LogP contribution in [0.4, 0.5) is 0 Å². The van der Waals surface area contributed by atoms with Crippen LogP contribution in [0, 0.1) is 6.92 Å². The van der Waals surface area contributed by atoms with Gasteiger partial charge >= 0.3 is 0 Å². The first-order valence-electron chi connectivity index (χ1n) is 6.47. The average molecular weight is 267 g/mol. The van der Waals surface area contributed by atoms with Crippen molar-refractivity contribution in [3.63, 3.8) is 0 Å². The van der Waals surface area contributed by atoms with Crippen molar-refractivity contribution in [3.8, 4) is 0 Å². The molecule has 0 unspecified atom stereocenters. The fourth-order valence-corrected chi connectivity index (χ4v) is 2.49. The van der Waals surface area contributed by atoms with Crippen LogP contribution >= 0.6 is 0 Å². The van der Waals surface area contributed by atoms with Crippen LogP contribution in [0.3, 0.4) is 0 Å². The summed E-state index contributed by atoms with van der Waals surface area (Å²) in [7, 11) is 0. The van der Waals surface area contributed by atoms with Crippen molar-refractivity contribution in [2.45, 2.75) is 37.8 Å². The van der Waals surface area contributed by atoms with Crippen LogP contribution in [0.2, 0.25) is 0 Å². The number of β-amino-alcohol motifs (C(OH)–C–C–N with tert-alkyl or cyclic N) is 1. The molecule has 0 spiro atoms. The molecule has 106 valence electrons. The lowest BCUT2D eigenvalue weighted by Crippen LogP contribution is -2.62. The third kappa shape index (κ3) is 3.13. The molecule has 0 amide bonds. The predicted molar refractivity (Wildman–Crippen MR) is 70.5 cm³/mol. The van der Waals surface area contributed by atoms with Crippen LogP contribution in [0.15, 0.2) is 24.3 Å². The number of nitrogens with zero attached hydrogens (tertiary/aromatic N) is 1. The molecule has 1 aromatic rings. The third-order valence-electron chi connectivity index (χ3n) is 3.72. The molecule has 1 heterocycles. The van der Waals surface area contributed by atoms with E-state index in [2.05, 4.69) is 0 Å². The molecule has 1 aromatic carbocycles. The second-order valence-electron chi connectivity index (χ2n) is 5.21. The second-order valence-corrected chi connectivity index (χ2v) is 5.21. The first kappa shape index (κ1) is 14.4. The Hall–Kier alpha value is -0.980. The smallest absolute Gasteiger partial charge is 0.109 e. The molecule has 0 radical (unpaired) electrons. The van der Waals surface area contributed by atoms with Gasteiger partial charge in [0, 0.05) is 13.1 Å². The topological polar surface area (TPSA) is 84.2 Å². The van der Waals surface area contributed by atoms with E-state index in [4.69, 9.17) is 0 Å². The van der Waals surface area contributed by atoms with Gasteiger partial charge in [-0.15, -0.1) is 0 Å². The Bertz CT molecular complexity index is 408. The first-order chi connectivity index (χ1) is 9.02. The molecule has 2 rings (SSSR count). The molecule has 1 aliphatic heterocycles. The first-order valence-corrected chi connectivity index (χ1v) is 6.47. The van der Waals surface area contributed by atoms with Gasteiger partial charge in [0.05, 0.1) is 18.8 Å². The molecule has 19 heavy (non-hydrogen) atoms. The van der Waals surface area contributed by atoms with Gasteiger partial charge in [0.15, 0.2) is 0 Å². The zero-order chi connectivity index (χ0) is 14.0. The van der Waals surface area contributed by atoms with E-state index in [1.165, 1.54) is 0 Å². The number of likely N-dealkylation sites (tertiary alicyclic amines) is 1. The molecule has 0 aromatic heterocycles. The van der Waals surface area contributed by atoms with Crippen molar-refractivity contribution in [1.82, 2.24) is 4.90 Å². The fourth-order valence-electron chi connectivity index (χ4n) is 2.49. The zero-order valence-corrected chi connectivity index (χ0v) is 11.0. The van der Waals surface area contributed by atoms with Crippen LogP contribution < -0.4 is 0 Å². The average Bonchev–Trinajstić information content (AvgIpc) is 2.39. The molecule has 5 nitrogen and oxygen atoms in total. The van der Waals surface area contributed by atoms with Crippen LogP contribution in [0.5, 0.6) is 0 Å². The molecule has 0 saturated carbocycles. The monoisotopic (exact) mass is 267 g/mol. The maximum atomic E-state index is 9.89. The summed E-state index contributed by atoms with van der Waals surface area (Å²) in [5, 5.41) is 38.6. The van der Waals surface area contributed by atoms with Gasteiger partial charge < -0.3 is 20.4 Å². The Labute approximate surface area is 112 Å². The summed E-state index contributed by atoms with van der Waals surface area (Å²) in [5.41, 5.74) is 2.21. The zero-order valence-electron chi connectivity index (χ0n) is 11.0. The van der Waals surface area contributed by atoms with Crippen molar-refractivity contribution in [2.24, 2.45) is 0 Å². The highest BCUT2D eigenvalue weighted by Crippen LogP contribution is 2.21. The van der Waals surface area contributed by atoms with Gasteiger partial charge in [0.25, 0.3) is 0 Å². The molecule has 0 aliphatic carbocycles. The van der Waals surface area contributed by atoms with E-state index >= 15 is 0 Å².